The molecule has 0 aliphatic carbocycles. The summed E-state index contributed by atoms with van der Waals surface area (Å²) in [5.41, 5.74) is 7.94. The van der Waals surface area contributed by atoms with E-state index in [0.29, 0.717) is 11.5 Å². The fraction of sp³-hybridized carbons (Fsp3) is 0.333. The van der Waals surface area contributed by atoms with Crippen molar-refractivity contribution in [1.82, 2.24) is 0 Å². The minimum absolute atomic E-state index is 0.292. The van der Waals surface area contributed by atoms with Gasteiger partial charge >= 0.3 is 0 Å². The Morgan fingerprint density at radius 1 is 0.389 bits per heavy atom. The van der Waals surface area contributed by atoms with Crippen molar-refractivity contribution in [2.24, 2.45) is 0 Å². The molecule has 2 aromatic heterocycles. The summed E-state index contributed by atoms with van der Waals surface area (Å²) in [6.45, 7) is 25.4. The van der Waals surface area contributed by atoms with Crippen LogP contribution >= 0.6 is 22.7 Å². The number of hydrogen-bond acceptors (Lipinski definition) is 4. The predicted molar refractivity (Wildman–Crippen MR) is 227 cm³/mol. The van der Waals surface area contributed by atoms with Crippen LogP contribution in [0.4, 0.5) is 8.78 Å². The molecule has 6 heteroatoms. The Balaban J connectivity index is 1.74. The third kappa shape index (κ3) is 7.79. The molecule has 0 atom stereocenters. The van der Waals surface area contributed by atoms with E-state index in [1.165, 1.54) is 24.3 Å². The summed E-state index contributed by atoms with van der Waals surface area (Å²) in [7, 11) is 0. The van der Waals surface area contributed by atoms with Crippen molar-refractivity contribution in [1.29, 1.82) is 0 Å². The largest absolute Gasteiger partial charge is 0.507 e. The van der Waals surface area contributed by atoms with Crippen LogP contribution in [0.3, 0.4) is 0 Å². The first-order valence-electron chi connectivity index (χ1n) is 18.5. The lowest BCUT2D eigenvalue weighted by molar-refractivity contribution is 0.422. The Bertz CT molecular complexity index is 2090. The van der Waals surface area contributed by atoms with E-state index in [2.05, 4.69) is 119 Å². The summed E-state index contributed by atoms with van der Waals surface area (Å²) in [4.78, 5) is 4.05. The van der Waals surface area contributed by atoms with E-state index in [0.717, 1.165) is 75.1 Å². The van der Waals surface area contributed by atoms with Crippen molar-refractivity contribution in [2.75, 3.05) is 0 Å². The third-order valence-corrected chi connectivity index (χ3v) is 12.5. The maximum absolute atomic E-state index is 14.2. The van der Waals surface area contributed by atoms with Gasteiger partial charge in [-0.25, -0.2) is 8.78 Å². The van der Waals surface area contributed by atoms with Crippen LogP contribution in [0.25, 0.3) is 52.9 Å². The van der Waals surface area contributed by atoms with Gasteiger partial charge < -0.3 is 10.2 Å². The SMILES string of the molecule is CC(C)(C)c1cc(-c2cc(-c3ccc(F)cc3)sc2-c2sc(-c3ccc(F)cc3)cc2-c2cc(C(C)(C)C)c(O)c(C(C)(C)C)c2)cc(C(C)(C)C)c1O. The highest BCUT2D eigenvalue weighted by Crippen LogP contribution is 2.54. The number of halogens is 2. The summed E-state index contributed by atoms with van der Waals surface area (Å²) in [5.74, 6) is 0.0523. The van der Waals surface area contributed by atoms with Crippen LogP contribution in [0, 0.1) is 11.6 Å². The lowest BCUT2D eigenvalue weighted by atomic mass is 9.77. The van der Waals surface area contributed by atoms with Gasteiger partial charge in [0, 0.05) is 43.1 Å². The van der Waals surface area contributed by atoms with E-state index in [1.807, 2.05) is 24.3 Å². The van der Waals surface area contributed by atoms with Crippen molar-refractivity contribution in [3.05, 3.63) is 119 Å². The second kappa shape index (κ2) is 13.8. The highest BCUT2D eigenvalue weighted by atomic mass is 32.1. The Morgan fingerprint density at radius 3 is 0.889 bits per heavy atom. The molecular formula is C48H52F2O2S2. The van der Waals surface area contributed by atoms with Crippen LogP contribution in [-0.4, -0.2) is 10.2 Å². The topological polar surface area (TPSA) is 40.5 Å². The van der Waals surface area contributed by atoms with Crippen molar-refractivity contribution in [3.8, 4) is 64.4 Å². The molecule has 4 aromatic carbocycles. The number of aromatic hydroxyl groups is 2. The first-order valence-corrected chi connectivity index (χ1v) is 20.1. The normalized spacial score (nSPS) is 12.8. The first kappa shape index (κ1) is 39.4. The molecule has 0 fully saturated rings. The van der Waals surface area contributed by atoms with Gasteiger partial charge in [-0.3, -0.25) is 0 Å². The zero-order valence-corrected chi connectivity index (χ0v) is 35.2. The molecule has 6 aromatic rings. The standard InChI is InChI=1S/C48H52F2O2S2/c1-45(2,3)35-21-29(22-36(41(35)51)46(4,5)6)33-25-39(27-13-17-31(49)18-14-27)53-43(33)44-34(26-40(54-44)28-15-19-32(50)20-16-28)30-23-37(47(7,8)9)42(52)38(24-30)48(10,11)12/h13-26,51-52H,1-12H3. The van der Waals surface area contributed by atoms with E-state index in [9.17, 15) is 19.0 Å². The second-order valence-corrected chi connectivity index (χ2v) is 20.7. The predicted octanol–water partition coefficient (Wildman–Crippen LogP) is 15.0. The van der Waals surface area contributed by atoms with Gasteiger partial charge in [0.05, 0.1) is 9.75 Å². The van der Waals surface area contributed by atoms with Crippen LogP contribution in [0.2, 0.25) is 0 Å². The molecule has 0 radical (unpaired) electrons. The zero-order chi connectivity index (χ0) is 39.7. The molecule has 54 heavy (non-hydrogen) atoms. The van der Waals surface area contributed by atoms with Crippen LogP contribution in [0.1, 0.15) is 105 Å². The molecular weight excluding hydrogens is 711 g/mol. The van der Waals surface area contributed by atoms with Gasteiger partial charge in [-0.15, -0.1) is 22.7 Å². The Labute approximate surface area is 328 Å². The summed E-state index contributed by atoms with van der Waals surface area (Å²) in [6.07, 6.45) is 0. The number of phenols is 2. The average Bonchev–Trinajstić information content (AvgIpc) is 3.69. The van der Waals surface area contributed by atoms with Crippen LogP contribution < -0.4 is 0 Å². The molecule has 0 saturated heterocycles. The van der Waals surface area contributed by atoms with E-state index in [-0.39, 0.29) is 33.3 Å². The Morgan fingerprint density at radius 2 is 0.648 bits per heavy atom. The molecule has 2 heterocycles. The maximum Gasteiger partial charge on any atom is 0.123 e. The molecule has 282 valence electrons. The maximum atomic E-state index is 14.2. The van der Waals surface area contributed by atoms with E-state index in [4.69, 9.17) is 0 Å². The smallest absolute Gasteiger partial charge is 0.123 e. The number of thiophene rings is 2. The molecule has 2 N–H and O–H groups in total. The molecule has 0 spiro atoms. The van der Waals surface area contributed by atoms with Crippen LogP contribution in [-0.2, 0) is 21.7 Å². The van der Waals surface area contributed by atoms with Crippen LogP contribution in [0.5, 0.6) is 11.5 Å². The quantitative estimate of drug-likeness (QED) is 0.184. The van der Waals surface area contributed by atoms with E-state index >= 15 is 0 Å². The van der Waals surface area contributed by atoms with Crippen molar-refractivity contribution in [2.45, 2.75) is 105 Å². The third-order valence-electron chi connectivity index (χ3n) is 10.0. The van der Waals surface area contributed by atoms with Crippen molar-refractivity contribution < 1.29 is 19.0 Å². The highest BCUT2D eigenvalue weighted by Gasteiger charge is 2.31. The molecule has 0 aliphatic rings. The van der Waals surface area contributed by atoms with Crippen molar-refractivity contribution >= 4 is 22.7 Å². The van der Waals surface area contributed by atoms with E-state index in [1.54, 1.807) is 22.7 Å². The first-order chi connectivity index (χ1) is 24.9. The van der Waals surface area contributed by atoms with Gasteiger partial charge in [0.2, 0.25) is 0 Å². The molecule has 0 unspecified atom stereocenters. The van der Waals surface area contributed by atoms with E-state index < -0.39 is 0 Å². The molecule has 6 rings (SSSR count). The lowest BCUT2D eigenvalue weighted by Crippen LogP contribution is -2.17. The molecule has 0 amide bonds. The molecule has 0 saturated carbocycles. The summed E-state index contributed by atoms with van der Waals surface area (Å²) in [6, 6.07) is 26.1. The summed E-state index contributed by atoms with van der Waals surface area (Å²) in [5, 5.41) is 23.4. The lowest BCUT2D eigenvalue weighted by Gasteiger charge is -2.28. The second-order valence-electron chi connectivity index (χ2n) is 18.6. The fourth-order valence-corrected chi connectivity index (χ4v) is 9.46. The number of benzene rings is 4. The fourth-order valence-electron chi connectivity index (χ4n) is 6.93. The van der Waals surface area contributed by atoms with Gasteiger partial charge in [-0.2, -0.15) is 0 Å². The summed E-state index contributed by atoms with van der Waals surface area (Å²) >= 11 is 3.31. The van der Waals surface area contributed by atoms with Gasteiger partial charge in [0.1, 0.15) is 23.1 Å². The molecule has 0 aliphatic heterocycles. The Hall–Kier alpha value is -4.26. The molecule has 0 bridgehead atoms. The number of rotatable bonds is 5. The van der Waals surface area contributed by atoms with Gasteiger partial charge in [0.15, 0.2) is 0 Å². The Kier molecular flexibility index (Phi) is 10.1. The van der Waals surface area contributed by atoms with Gasteiger partial charge in [-0.1, -0.05) is 107 Å². The number of phenolic OH excluding ortho intramolecular Hbond substituents is 2. The summed E-state index contributed by atoms with van der Waals surface area (Å²) < 4.78 is 28.4. The minimum Gasteiger partial charge on any atom is -0.507 e. The van der Waals surface area contributed by atoms with Crippen LogP contribution in [0.15, 0.2) is 84.9 Å². The van der Waals surface area contributed by atoms with Gasteiger partial charge in [0.25, 0.3) is 0 Å². The average molecular weight is 763 g/mol. The number of hydrogen-bond donors (Lipinski definition) is 2. The van der Waals surface area contributed by atoms with Crippen molar-refractivity contribution in [3.63, 3.8) is 0 Å². The monoisotopic (exact) mass is 762 g/mol. The minimum atomic E-state index is -0.335. The highest BCUT2D eigenvalue weighted by molar-refractivity contribution is 7.26. The molecule has 2 nitrogen and oxygen atoms in total. The van der Waals surface area contributed by atoms with Gasteiger partial charge in [-0.05, 0) is 105 Å². The zero-order valence-electron chi connectivity index (χ0n) is 33.5.